The summed E-state index contributed by atoms with van der Waals surface area (Å²) >= 11 is 5.07. The molecule has 6 heteroatoms. The number of thiophene rings is 3. The largest absolute Gasteiger partial charge is 0.465 e. The lowest BCUT2D eigenvalue weighted by atomic mass is 10.3. The number of ether oxygens (including phenoxy) is 1. The van der Waals surface area contributed by atoms with Gasteiger partial charge in [0.15, 0.2) is 0 Å². The van der Waals surface area contributed by atoms with Crippen LogP contribution in [0.3, 0.4) is 0 Å². The topological polar surface area (TPSA) is 29.5 Å². The molecule has 0 atom stereocenters. The van der Waals surface area contributed by atoms with Crippen molar-refractivity contribution in [2.24, 2.45) is 0 Å². The van der Waals surface area contributed by atoms with Gasteiger partial charge >= 0.3 is 5.97 Å². The maximum Gasteiger partial charge on any atom is 0.348 e. The summed E-state index contributed by atoms with van der Waals surface area (Å²) in [5, 5.41) is 4.22. The maximum absolute atomic E-state index is 11.6. The first-order valence-corrected chi connectivity index (χ1v) is 9.76. The van der Waals surface area contributed by atoms with Crippen LogP contribution in [0.25, 0.3) is 0 Å². The van der Waals surface area contributed by atoms with Gasteiger partial charge in [-0.05, 0) is 35.0 Å². The third-order valence-corrected chi connectivity index (χ3v) is 6.12. The van der Waals surface area contributed by atoms with Crippen LogP contribution in [0.4, 0.5) is 0 Å². The van der Waals surface area contributed by atoms with Gasteiger partial charge in [-0.2, -0.15) is 0 Å². The summed E-state index contributed by atoms with van der Waals surface area (Å²) < 4.78 is 4.79. The summed E-state index contributed by atoms with van der Waals surface area (Å²) in [5.41, 5.74) is 0. The second kappa shape index (κ2) is 7.88. The fraction of sp³-hybridized carbons (Fsp3) is 0.235. The standard InChI is InChI=1S/C17H17NO2S3/c1-20-17(19)16-7-6-15(23-16)12-18(10-13-4-2-8-21-13)11-14-5-3-9-22-14/h2-9H,10-12H2,1H3. The minimum Gasteiger partial charge on any atom is -0.465 e. The number of methoxy groups -OCH3 is 1. The van der Waals surface area contributed by atoms with Gasteiger partial charge in [-0.15, -0.1) is 34.0 Å². The Labute approximate surface area is 147 Å². The quantitative estimate of drug-likeness (QED) is 0.562. The van der Waals surface area contributed by atoms with E-state index in [9.17, 15) is 4.79 Å². The van der Waals surface area contributed by atoms with Crippen LogP contribution in [-0.2, 0) is 24.4 Å². The third-order valence-electron chi connectivity index (χ3n) is 3.35. The van der Waals surface area contributed by atoms with Gasteiger partial charge in [0.25, 0.3) is 0 Å². The molecule has 3 rings (SSSR count). The van der Waals surface area contributed by atoms with Crippen LogP contribution in [-0.4, -0.2) is 18.0 Å². The van der Waals surface area contributed by atoms with Gasteiger partial charge in [-0.1, -0.05) is 12.1 Å². The number of esters is 1. The van der Waals surface area contributed by atoms with Crippen LogP contribution >= 0.6 is 34.0 Å². The smallest absolute Gasteiger partial charge is 0.348 e. The predicted octanol–water partition coefficient (Wildman–Crippen LogP) is 4.86. The van der Waals surface area contributed by atoms with E-state index in [2.05, 4.69) is 39.9 Å². The molecule has 0 bridgehead atoms. The average molecular weight is 364 g/mol. The van der Waals surface area contributed by atoms with Gasteiger partial charge in [-0.25, -0.2) is 4.79 Å². The Morgan fingerprint density at radius 2 is 1.57 bits per heavy atom. The molecule has 0 unspecified atom stereocenters. The monoisotopic (exact) mass is 363 g/mol. The van der Waals surface area contributed by atoms with Crippen LogP contribution in [0.15, 0.2) is 47.2 Å². The van der Waals surface area contributed by atoms with E-state index in [0.29, 0.717) is 4.88 Å². The maximum atomic E-state index is 11.6. The summed E-state index contributed by atoms with van der Waals surface area (Å²) in [5.74, 6) is -0.260. The predicted molar refractivity (Wildman–Crippen MR) is 97.2 cm³/mol. The first kappa shape index (κ1) is 16.4. The molecule has 0 saturated heterocycles. The molecule has 0 aliphatic heterocycles. The van der Waals surface area contributed by atoms with Gasteiger partial charge < -0.3 is 4.74 Å². The molecule has 0 radical (unpaired) electrons. The molecule has 0 amide bonds. The molecule has 3 heterocycles. The van der Waals surface area contributed by atoms with E-state index < -0.39 is 0 Å². The summed E-state index contributed by atoms with van der Waals surface area (Å²) in [6.07, 6.45) is 0. The zero-order valence-corrected chi connectivity index (χ0v) is 15.2. The number of rotatable bonds is 7. The molecule has 0 aliphatic carbocycles. The van der Waals surface area contributed by atoms with Crippen molar-refractivity contribution in [3.8, 4) is 0 Å². The fourth-order valence-electron chi connectivity index (χ4n) is 2.31. The Balaban J connectivity index is 1.72. The fourth-order valence-corrected chi connectivity index (χ4v) is 4.77. The third kappa shape index (κ3) is 4.51. The summed E-state index contributed by atoms with van der Waals surface area (Å²) in [4.78, 5) is 18.6. The minimum absolute atomic E-state index is 0.260. The number of carbonyl (C=O) groups is 1. The van der Waals surface area contributed by atoms with Crippen molar-refractivity contribution in [3.05, 3.63) is 66.7 Å². The molecule has 0 N–H and O–H groups in total. The SMILES string of the molecule is COC(=O)c1ccc(CN(Cc2cccs2)Cc2cccs2)s1. The van der Waals surface area contributed by atoms with Crippen LogP contribution < -0.4 is 0 Å². The average Bonchev–Trinajstić information content (AvgIpc) is 3.28. The molecule has 120 valence electrons. The van der Waals surface area contributed by atoms with Gasteiger partial charge in [0.2, 0.25) is 0 Å². The lowest BCUT2D eigenvalue weighted by Crippen LogP contribution is -2.20. The van der Waals surface area contributed by atoms with Crippen molar-refractivity contribution in [1.82, 2.24) is 4.90 Å². The van der Waals surface area contributed by atoms with Crippen molar-refractivity contribution in [2.75, 3.05) is 7.11 Å². The van der Waals surface area contributed by atoms with E-state index in [4.69, 9.17) is 4.74 Å². The van der Waals surface area contributed by atoms with E-state index in [1.54, 1.807) is 22.7 Å². The molecule has 0 aliphatic rings. The van der Waals surface area contributed by atoms with Crippen molar-refractivity contribution < 1.29 is 9.53 Å². The molecule has 3 aromatic rings. The number of nitrogens with zero attached hydrogens (tertiary/aromatic N) is 1. The van der Waals surface area contributed by atoms with Crippen LogP contribution in [0.5, 0.6) is 0 Å². The highest BCUT2D eigenvalue weighted by Crippen LogP contribution is 2.23. The van der Waals surface area contributed by atoms with Gasteiger partial charge in [0, 0.05) is 34.3 Å². The number of hydrogen-bond acceptors (Lipinski definition) is 6. The number of carbonyl (C=O) groups excluding carboxylic acids is 1. The van der Waals surface area contributed by atoms with E-state index in [1.165, 1.54) is 33.1 Å². The Morgan fingerprint density at radius 1 is 0.957 bits per heavy atom. The normalized spacial score (nSPS) is 11.0. The Bertz CT molecular complexity index is 696. The van der Waals surface area contributed by atoms with Crippen LogP contribution in [0, 0.1) is 0 Å². The van der Waals surface area contributed by atoms with Crippen LogP contribution in [0.1, 0.15) is 24.3 Å². The second-order valence-electron chi connectivity index (χ2n) is 5.06. The molecule has 0 aromatic carbocycles. The Kier molecular flexibility index (Phi) is 5.61. The number of hydrogen-bond donors (Lipinski definition) is 0. The molecular formula is C17H17NO2S3. The minimum atomic E-state index is -0.260. The van der Waals surface area contributed by atoms with Gasteiger partial charge in [0.1, 0.15) is 4.88 Å². The first-order chi connectivity index (χ1) is 11.2. The lowest BCUT2D eigenvalue weighted by molar-refractivity contribution is 0.0606. The molecule has 0 fully saturated rings. The van der Waals surface area contributed by atoms with Crippen molar-refractivity contribution in [2.45, 2.75) is 19.6 Å². The van der Waals surface area contributed by atoms with Crippen molar-refractivity contribution in [3.63, 3.8) is 0 Å². The highest BCUT2D eigenvalue weighted by molar-refractivity contribution is 7.14. The van der Waals surface area contributed by atoms with E-state index in [0.717, 1.165) is 19.6 Å². The summed E-state index contributed by atoms with van der Waals surface area (Å²) in [6, 6.07) is 12.4. The molecule has 0 saturated carbocycles. The zero-order valence-electron chi connectivity index (χ0n) is 12.7. The van der Waals surface area contributed by atoms with Gasteiger partial charge in [0.05, 0.1) is 7.11 Å². The Morgan fingerprint density at radius 3 is 2.09 bits per heavy atom. The highest BCUT2D eigenvalue weighted by Gasteiger charge is 2.14. The van der Waals surface area contributed by atoms with E-state index >= 15 is 0 Å². The van der Waals surface area contributed by atoms with Crippen molar-refractivity contribution >= 4 is 40.0 Å². The molecular weight excluding hydrogens is 346 g/mol. The van der Waals surface area contributed by atoms with Gasteiger partial charge in [-0.3, -0.25) is 4.90 Å². The second-order valence-corrected chi connectivity index (χ2v) is 8.29. The van der Waals surface area contributed by atoms with E-state index in [1.807, 2.05) is 12.1 Å². The lowest BCUT2D eigenvalue weighted by Gasteiger charge is -2.20. The summed E-state index contributed by atoms with van der Waals surface area (Å²) in [6.45, 7) is 2.67. The van der Waals surface area contributed by atoms with E-state index in [-0.39, 0.29) is 5.97 Å². The highest BCUT2D eigenvalue weighted by atomic mass is 32.1. The van der Waals surface area contributed by atoms with Crippen LogP contribution in [0.2, 0.25) is 0 Å². The molecule has 3 aromatic heterocycles. The Hall–Kier alpha value is -1.47. The molecule has 0 spiro atoms. The molecule has 3 nitrogen and oxygen atoms in total. The summed E-state index contributed by atoms with van der Waals surface area (Å²) in [7, 11) is 1.42. The zero-order chi connectivity index (χ0) is 16.1. The molecule has 23 heavy (non-hydrogen) atoms. The van der Waals surface area contributed by atoms with Crippen molar-refractivity contribution in [1.29, 1.82) is 0 Å². The first-order valence-electron chi connectivity index (χ1n) is 7.19.